The Morgan fingerprint density at radius 2 is 2.17 bits per heavy atom. The molecule has 0 aliphatic rings. The Morgan fingerprint density at radius 1 is 1.35 bits per heavy atom. The van der Waals surface area contributed by atoms with Crippen LogP contribution in [0.1, 0.15) is 22.5 Å². The highest BCUT2D eigenvalue weighted by atomic mass is 19.3. The summed E-state index contributed by atoms with van der Waals surface area (Å²) >= 11 is 0. The lowest BCUT2D eigenvalue weighted by Crippen LogP contribution is -2.14. The first kappa shape index (κ1) is 14.9. The van der Waals surface area contributed by atoms with Gasteiger partial charge in [-0.05, 0) is 18.2 Å². The van der Waals surface area contributed by atoms with Crippen molar-refractivity contribution in [1.29, 1.82) is 0 Å². The number of H-pyrrole nitrogens is 1. The number of benzene rings is 1. The average Bonchev–Trinajstić information content (AvgIpc) is 3.01. The number of anilines is 1. The summed E-state index contributed by atoms with van der Waals surface area (Å²) < 4.78 is 30.5. The number of pyridine rings is 1. The monoisotopic (exact) mass is 318 g/mol. The molecule has 118 valence electrons. The average molecular weight is 318 g/mol. The molecule has 0 saturated carbocycles. The number of hydrogen-bond acceptors (Lipinski definition) is 4. The number of nitrogens with zero attached hydrogens (tertiary/aromatic N) is 2. The topological polar surface area (TPSA) is 79.9 Å². The standard InChI is InChI=1S/C15H12F2N4O2/c1-23-12-6-11-8(7-18-21-11)5-9(12)15(22)20-13-4-2-3-10(19-13)14(16)17/h2-7,14H,1H3,(H,18,21)(H,19,20,22). The van der Waals surface area contributed by atoms with Crippen LogP contribution in [0.2, 0.25) is 0 Å². The molecule has 6 nitrogen and oxygen atoms in total. The van der Waals surface area contributed by atoms with Gasteiger partial charge in [-0.3, -0.25) is 9.89 Å². The third kappa shape index (κ3) is 2.96. The molecule has 0 radical (unpaired) electrons. The van der Waals surface area contributed by atoms with Crippen LogP contribution in [0.5, 0.6) is 5.75 Å². The highest BCUT2D eigenvalue weighted by Crippen LogP contribution is 2.25. The van der Waals surface area contributed by atoms with E-state index in [0.717, 1.165) is 5.39 Å². The molecule has 2 aromatic heterocycles. The number of fused-ring (bicyclic) bond motifs is 1. The highest BCUT2D eigenvalue weighted by molar-refractivity contribution is 6.08. The molecule has 0 fully saturated rings. The fourth-order valence-electron chi connectivity index (χ4n) is 2.14. The van der Waals surface area contributed by atoms with E-state index in [0.29, 0.717) is 11.3 Å². The Labute approximate surface area is 129 Å². The molecule has 0 atom stereocenters. The minimum Gasteiger partial charge on any atom is -0.496 e. The molecule has 8 heteroatoms. The van der Waals surface area contributed by atoms with E-state index in [1.807, 2.05) is 0 Å². The molecule has 0 aliphatic carbocycles. The summed E-state index contributed by atoms with van der Waals surface area (Å²) in [6.07, 6.45) is -1.06. The summed E-state index contributed by atoms with van der Waals surface area (Å²) in [6.45, 7) is 0. The number of methoxy groups -OCH3 is 1. The smallest absolute Gasteiger partial charge is 0.280 e. The molecular weight excluding hydrogens is 306 g/mol. The van der Waals surface area contributed by atoms with Gasteiger partial charge >= 0.3 is 0 Å². The largest absolute Gasteiger partial charge is 0.496 e. The number of aromatic amines is 1. The zero-order valence-corrected chi connectivity index (χ0v) is 12.0. The lowest BCUT2D eigenvalue weighted by Gasteiger charge is -2.10. The first-order valence-corrected chi connectivity index (χ1v) is 6.66. The predicted molar refractivity (Wildman–Crippen MR) is 79.8 cm³/mol. The van der Waals surface area contributed by atoms with Crippen molar-refractivity contribution in [3.05, 3.63) is 47.8 Å². The molecule has 3 aromatic rings. The molecular formula is C15H12F2N4O2. The second-order valence-corrected chi connectivity index (χ2v) is 4.70. The molecule has 1 aromatic carbocycles. The SMILES string of the molecule is COc1cc2n[nH]cc2cc1C(=O)Nc1cccc(C(F)F)n1. The van der Waals surface area contributed by atoms with Gasteiger partial charge in [-0.2, -0.15) is 5.10 Å². The molecule has 23 heavy (non-hydrogen) atoms. The second-order valence-electron chi connectivity index (χ2n) is 4.70. The van der Waals surface area contributed by atoms with Crippen molar-refractivity contribution >= 4 is 22.6 Å². The lowest BCUT2D eigenvalue weighted by molar-refractivity contribution is 0.102. The molecule has 0 saturated heterocycles. The van der Waals surface area contributed by atoms with Crippen molar-refractivity contribution < 1.29 is 18.3 Å². The summed E-state index contributed by atoms with van der Waals surface area (Å²) in [5.41, 5.74) is 0.502. The van der Waals surface area contributed by atoms with Crippen LogP contribution in [0.15, 0.2) is 36.5 Å². The molecule has 0 aliphatic heterocycles. The molecule has 3 rings (SSSR count). The van der Waals surface area contributed by atoms with Gasteiger partial charge in [0.2, 0.25) is 0 Å². The number of ether oxygens (including phenoxy) is 1. The van der Waals surface area contributed by atoms with Crippen molar-refractivity contribution in [2.24, 2.45) is 0 Å². The Kier molecular flexibility index (Phi) is 3.88. The van der Waals surface area contributed by atoms with Gasteiger partial charge in [-0.25, -0.2) is 13.8 Å². The van der Waals surface area contributed by atoms with Gasteiger partial charge in [0, 0.05) is 17.6 Å². The third-order valence-electron chi connectivity index (χ3n) is 3.23. The van der Waals surface area contributed by atoms with Crippen LogP contribution in [0, 0.1) is 0 Å². The maximum absolute atomic E-state index is 12.7. The Morgan fingerprint density at radius 3 is 2.91 bits per heavy atom. The van der Waals surface area contributed by atoms with Crippen molar-refractivity contribution in [2.75, 3.05) is 12.4 Å². The van der Waals surface area contributed by atoms with E-state index < -0.39 is 18.0 Å². The summed E-state index contributed by atoms with van der Waals surface area (Å²) in [5.74, 6) is -0.141. The maximum atomic E-state index is 12.7. The van der Waals surface area contributed by atoms with Gasteiger partial charge < -0.3 is 10.1 Å². The van der Waals surface area contributed by atoms with Crippen molar-refractivity contribution in [3.63, 3.8) is 0 Å². The van der Waals surface area contributed by atoms with E-state index in [-0.39, 0.29) is 11.4 Å². The van der Waals surface area contributed by atoms with Crippen molar-refractivity contribution in [2.45, 2.75) is 6.43 Å². The van der Waals surface area contributed by atoms with Crippen LogP contribution in [-0.4, -0.2) is 28.2 Å². The quantitative estimate of drug-likeness (QED) is 0.774. The van der Waals surface area contributed by atoms with Crippen LogP contribution < -0.4 is 10.1 Å². The molecule has 0 spiro atoms. The van der Waals surface area contributed by atoms with Gasteiger partial charge in [0.05, 0.1) is 18.2 Å². The second kappa shape index (κ2) is 5.99. The molecule has 0 unspecified atom stereocenters. The van der Waals surface area contributed by atoms with E-state index in [4.69, 9.17) is 4.74 Å². The summed E-state index contributed by atoms with van der Waals surface area (Å²) in [7, 11) is 1.43. The number of carbonyl (C=O) groups excluding carboxylic acids is 1. The number of nitrogens with one attached hydrogen (secondary N) is 2. The first-order chi connectivity index (χ1) is 11.1. The molecule has 0 bridgehead atoms. The number of rotatable bonds is 4. The van der Waals surface area contributed by atoms with E-state index >= 15 is 0 Å². The van der Waals surface area contributed by atoms with Crippen molar-refractivity contribution in [1.82, 2.24) is 15.2 Å². The van der Waals surface area contributed by atoms with Crippen LogP contribution in [0.3, 0.4) is 0 Å². The Balaban J connectivity index is 1.92. The summed E-state index contributed by atoms with van der Waals surface area (Å²) in [6, 6.07) is 7.25. The molecule has 2 N–H and O–H groups in total. The van der Waals surface area contributed by atoms with Crippen molar-refractivity contribution in [3.8, 4) is 5.75 Å². The van der Waals surface area contributed by atoms with Gasteiger partial charge in [-0.15, -0.1) is 0 Å². The highest BCUT2D eigenvalue weighted by Gasteiger charge is 2.16. The number of hydrogen-bond donors (Lipinski definition) is 2. The maximum Gasteiger partial charge on any atom is 0.280 e. The molecule has 2 heterocycles. The number of halogens is 2. The predicted octanol–water partition coefficient (Wildman–Crippen LogP) is 3.16. The minimum absolute atomic E-state index is 0.0437. The zero-order valence-electron chi connectivity index (χ0n) is 12.0. The van der Waals surface area contributed by atoms with Crippen LogP contribution in [0.25, 0.3) is 10.9 Å². The third-order valence-corrected chi connectivity index (χ3v) is 3.23. The first-order valence-electron chi connectivity index (χ1n) is 6.66. The van der Waals surface area contributed by atoms with E-state index in [1.165, 1.54) is 25.3 Å². The van der Waals surface area contributed by atoms with E-state index in [2.05, 4.69) is 20.5 Å². The Bertz CT molecular complexity index is 864. The fraction of sp³-hybridized carbons (Fsp3) is 0.133. The van der Waals surface area contributed by atoms with Gasteiger partial charge in [0.25, 0.3) is 12.3 Å². The number of alkyl halides is 2. The summed E-state index contributed by atoms with van der Waals surface area (Å²) in [5, 5.41) is 9.92. The van der Waals surface area contributed by atoms with Crippen LogP contribution >= 0.6 is 0 Å². The van der Waals surface area contributed by atoms with Gasteiger partial charge in [0.1, 0.15) is 17.3 Å². The molecule has 1 amide bonds. The lowest BCUT2D eigenvalue weighted by atomic mass is 10.1. The van der Waals surface area contributed by atoms with Gasteiger partial charge in [-0.1, -0.05) is 6.07 Å². The zero-order chi connectivity index (χ0) is 16.4. The Hall–Kier alpha value is -3.03. The van der Waals surface area contributed by atoms with Crippen LogP contribution in [0.4, 0.5) is 14.6 Å². The minimum atomic E-state index is -2.70. The van der Waals surface area contributed by atoms with Crippen LogP contribution in [-0.2, 0) is 0 Å². The summed E-state index contributed by atoms with van der Waals surface area (Å²) in [4.78, 5) is 16.1. The fourth-order valence-corrected chi connectivity index (χ4v) is 2.14. The normalized spacial score (nSPS) is 11.0. The van der Waals surface area contributed by atoms with Gasteiger partial charge in [0.15, 0.2) is 0 Å². The van der Waals surface area contributed by atoms with E-state index in [9.17, 15) is 13.6 Å². The number of carbonyl (C=O) groups is 1. The van der Waals surface area contributed by atoms with E-state index in [1.54, 1.807) is 18.3 Å². The number of aromatic nitrogens is 3. The number of amides is 1.